The van der Waals surface area contributed by atoms with Crippen LogP contribution < -0.4 is 0 Å². The molecule has 0 aliphatic carbocycles. The predicted octanol–water partition coefficient (Wildman–Crippen LogP) is 2.75. The highest BCUT2D eigenvalue weighted by Gasteiger charge is 2.17. The predicted molar refractivity (Wildman–Crippen MR) is 56.9 cm³/mol. The molecule has 0 aromatic carbocycles. The van der Waals surface area contributed by atoms with Crippen molar-refractivity contribution >= 4 is 17.1 Å². The molecular formula is C10H15NO2S. The van der Waals surface area contributed by atoms with Crippen LogP contribution in [0, 0.1) is 6.92 Å². The van der Waals surface area contributed by atoms with Crippen molar-refractivity contribution in [2.45, 2.75) is 33.3 Å². The molecule has 4 heteroatoms. The number of aromatic nitrogens is 1. The lowest BCUT2D eigenvalue weighted by Gasteiger charge is -2.07. The summed E-state index contributed by atoms with van der Waals surface area (Å²) in [5, 5.41) is 0.901. The molecule has 0 amide bonds. The zero-order chi connectivity index (χ0) is 10.7. The monoisotopic (exact) mass is 213 g/mol. The second-order valence-electron chi connectivity index (χ2n) is 3.16. The van der Waals surface area contributed by atoms with Crippen LogP contribution in [0.1, 0.15) is 46.7 Å². The highest BCUT2D eigenvalue weighted by Crippen LogP contribution is 2.27. The van der Waals surface area contributed by atoms with Gasteiger partial charge in [-0.05, 0) is 13.3 Å². The molecule has 0 N–H and O–H groups in total. The van der Waals surface area contributed by atoms with Crippen molar-refractivity contribution in [2.24, 2.45) is 0 Å². The van der Waals surface area contributed by atoms with Gasteiger partial charge in [0.05, 0.1) is 10.6 Å². The van der Waals surface area contributed by atoms with E-state index in [1.54, 1.807) is 14.0 Å². The average Bonchev–Trinajstić information content (AvgIpc) is 2.50. The van der Waals surface area contributed by atoms with E-state index in [4.69, 9.17) is 4.74 Å². The first-order chi connectivity index (χ1) is 6.60. The molecule has 1 rings (SSSR count). The van der Waals surface area contributed by atoms with E-state index in [-0.39, 0.29) is 11.9 Å². The van der Waals surface area contributed by atoms with Gasteiger partial charge in [0.1, 0.15) is 11.1 Å². The third-order valence-electron chi connectivity index (χ3n) is 2.06. The third kappa shape index (κ3) is 2.19. The van der Waals surface area contributed by atoms with Crippen LogP contribution in [0.3, 0.4) is 0 Å². The van der Waals surface area contributed by atoms with Crippen LogP contribution in [0.5, 0.6) is 0 Å². The van der Waals surface area contributed by atoms with Crippen LogP contribution in [0.15, 0.2) is 0 Å². The van der Waals surface area contributed by atoms with E-state index in [1.807, 2.05) is 13.8 Å². The maximum atomic E-state index is 11.2. The van der Waals surface area contributed by atoms with Crippen LogP contribution in [0.2, 0.25) is 0 Å². The van der Waals surface area contributed by atoms with Gasteiger partial charge in [0, 0.05) is 14.0 Å². The summed E-state index contributed by atoms with van der Waals surface area (Å²) in [6, 6.07) is 0. The first-order valence-electron chi connectivity index (χ1n) is 4.61. The minimum absolute atomic E-state index is 0.0202. The summed E-state index contributed by atoms with van der Waals surface area (Å²) in [6.07, 6.45) is 0.896. The lowest BCUT2D eigenvalue weighted by atomic mass is 10.3. The molecule has 0 radical (unpaired) electrons. The third-order valence-corrected chi connectivity index (χ3v) is 3.41. The maximum Gasteiger partial charge on any atom is 0.171 e. The van der Waals surface area contributed by atoms with E-state index in [2.05, 4.69) is 4.98 Å². The van der Waals surface area contributed by atoms with E-state index < -0.39 is 0 Å². The summed E-state index contributed by atoms with van der Waals surface area (Å²) in [5.41, 5.74) is 0.813. The SMILES string of the molecule is CCC(OC)c1nc(C)c(C(C)=O)s1. The molecule has 0 saturated heterocycles. The highest BCUT2D eigenvalue weighted by molar-refractivity contribution is 7.13. The van der Waals surface area contributed by atoms with E-state index in [0.717, 1.165) is 22.0 Å². The van der Waals surface area contributed by atoms with E-state index in [0.29, 0.717) is 0 Å². The molecule has 0 bridgehead atoms. The van der Waals surface area contributed by atoms with Crippen LogP contribution in [0.25, 0.3) is 0 Å². The van der Waals surface area contributed by atoms with Gasteiger partial charge >= 0.3 is 0 Å². The van der Waals surface area contributed by atoms with Gasteiger partial charge in [-0.3, -0.25) is 4.79 Å². The molecule has 1 heterocycles. The number of rotatable bonds is 4. The van der Waals surface area contributed by atoms with Gasteiger partial charge in [-0.1, -0.05) is 6.92 Å². The van der Waals surface area contributed by atoms with E-state index in [9.17, 15) is 4.79 Å². The molecule has 0 aliphatic rings. The minimum atomic E-state index is 0.0202. The van der Waals surface area contributed by atoms with Crippen LogP contribution in [-0.4, -0.2) is 17.9 Å². The fourth-order valence-electron chi connectivity index (χ4n) is 1.32. The quantitative estimate of drug-likeness (QED) is 0.722. The van der Waals surface area contributed by atoms with E-state index >= 15 is 0 Å². The fourth-order valence-corrected chi connectivity index (χ4v) is 2.45. The molecule has 1 unspecified atom stereocenters. The summed E-state index contributed by atoms with van der Waals surface area (Å²) in [5.74, 6) is 0.0807. The Labute approximate surface area is 88.1 Å². The summed E-state index contributed by atoms with van der Waals surface area (Å²) in [7, 11) is 1.67. The first-order valence-corrected chi connectivity index (χ1v) is 5.42. The van der Waals surface area contributed by atoms with Crippen molar-refractivity contribution in [3.63, 3.8) is 0 Å². The topological polar surface area (TPSA) is 39.2 Å². The zero-order valence-corrected chi connectivity index (χ0v) is 9.77. The van der Waals surface area contributed by atoms with Crippen molar-refractivity contribution in [1.82, 2.24) is 4.98 Å². The second-order valence-corrected chi connectivity index (χ2v) is 4.19. The van der Waals surface area contributed by atoms with Gasteiger partial charge < -0.3 is 4.74 Å². The van der Waals surface area contributed by atoms with Crippen molar-refractivity contribution < 1.29 is 9.53 Å². The Morgan fingerprint density at radius 1 is 1.64 bits per heavy atom. The molecule has 0 spiro atoms. The number of ketones is 1. The Morgan fingerprint density at radius 3 is 2.64 bits per heavy atom. The largest absolute Gasteiger partial charge is 0.374 e. The summed E-state index contributed by atoms with van der Waals surface area (Å²) in [6.45, 7) is 5.47. The number of thiazole rings is 1. The van der Waals surface area contributed by atoms with Gasteiger partial charge in [0.2, 0.25) is 0 Å². The molecule has 0 fully saturated rings. The zero-order valence-electron chi connectivity index (χ0n) is 8.96. The van der Waals surface area contributed by atoms with Gasteiger partial charge in [-0.25, -0.2) is 4.98 Å². The standard InChI is InChI=1S/C10H15NO2S/c1-5-8(13-4)10-11-6(2)9(14-10)7(3)12/h8H,5H2,1-4H3. The number of hydrogen-bond donors (Lipinski definition) is 0. The first kappa shape index (κ1) is 11.3. The number of Topliss-reactive ketones (excluding diaryl/α,β-unsaturated/α-hetero) is 1. The van der Waals surface area contributed by atoms with Crippen LogP contribution in [-0.2, 0) is 4.74 Å². The number of nitrogens with zero attached hydrogens (tertiary/aromatic N) is 1. The molecule has 78 valence electrons. The number of ether oxygens (including phenoxy) is 1. The Kier molecular flexibility index (Phi) is 3.77. The van der Waals surface area contributed by atoms with Gasteiger partial charge in [-0.2, -0.15) is 0 Å². The minimum Gasteiger partial charge on any atom is -0.374 e. The van der Waals surface area contributed by atoms with Crippen LogP contribution >= 0.6 is 11.3 Å². The van der Waals surface area contributed by atoms with Crippen LogP contribution in [0.4, 0.5) is 0 Å². The molecule has 0 aliphatic heterocycles. The molecule has 0 saturated carbocycles. The van der Waals surface area contributed by atoms with Gasteiger partial charge in [0.25, 0.3) is 0 Å². The van der Waals surface area contributed by atoms with Gasteiger partial charge in [-0.15, -0.1) is 11.3 Å². The molecule has 3 nitrogen and oxygen atoms in total. The number of carbonyl (C=O) groups excluding carboxylic acids is 1. The summed E-state index contributed by atoms with van der Waals surface area (Å²) >= 11 is 1.44. The summed E-state index contributed by atoms with van der Waals surface area (Å²) in [4.78, 5) is 16.3. The molecule has 1 aromatic rings. The average molecular weight is 213 g/mol. The van der Waals surface area contributed by atoms with Crippen molar-refractivity contribution in [2.75, 3.05) is 7.11 Å². The molecule has 14 heavy (non-hydrogen) atoms. The fraction of sp³-hybridized carbons (Fsp3) is 0.600. The number of hydrogen-bond acceptors (Lipinski definition) is 4. The molecule has 1 atom stereocenters. The second kappa shape index (κ2) is 4.66. The summed E-state index contributed by atoms with van der Waals surface area (Å²) < 4.78 is 5.27. The molecule has 1 aromatic heterocycles. The van der Waals surface area contributed by atoms with Crippen molar-refractivity contribution in [3.8, 4) is 0 Å². The number of methoxy groups -OCH3 is 1. The molecular weight excluding hydrogens is 198 g/mol. The Bertz CT molecular complexity index is 329. The van der Waals surface area contributed by atoms with E-state index in [1.165, 1.54) is 11.3 Å². The lowest BCUT2D eigenvalue weighted by Crippen LogP contribution is -1.98. The Balaban J connectivity index is 3.01. The van der Waals surface area contributed by atoms with Crippen molar-refractivity contribution in [3.05, 3.63) is 15.6 Å². The number of carbonyl (C=O) groups is 1. The lowest BCUT2D eigenvalue weighted by molar-refractivity contribution is 0.0997. The Morgan fingerprint density at radius 2 is 2.29 bits per heavy atom. The van der Waals surface area contributed by atoms with Crippen molar-refractivity contribution in [1.29, 1.82) is 0 Å². The smallest absolute Gasteiger partial charge is 0.171 e. The Hall–Kier alpha value is -0.740. The number of aryl methyl sites for hydroxylation is 1. The van der Waals surface area contributed by atoms with Gasteiger partial charge in [0.15, 0.2) is 5.78 Å². The highest BCUT2D eigenvalue weighted by atomic mass is 32.1. The maximum absolute atomic E-state index is 11.2. The normalized spacial score (nSPS) is 12.9.